The largest absolute Gasteiger partial charge is 0.381 e. The minimum Gasteiger partial charge on any atom is -0.381 e. The van der Waals surface area contributed by atoms with E-state index in [4.69, 9.17) is 0 Å². The Morgan fingerprint density at radius 2 is 1.79 bits per heavy atom. The Labute approximate surface area is 142 Å². The van der Waals surface area contributed by atoms with Crippen LogP contribution in [-0.4, -0.2) is 25.9 Å². The lowest BCUT2D eigenvalue weighted by atomic mass is 10.1. The first-order valence-electron chi connectivity index (χ1n) is 7.12. The molecule has 0 aromatic heterocycles. The van der Waals surface area contributed by atoms with E-state index in [2.05, 4.69) is 9.68 Å². The van der Waals surface area contributed by atoms with Gasteiger partial charge in [0.2, 0.25) is 0 Å². The molecule has 1 N–H and O–H groups in total. The minimum absolute atomic E-state index is 0.312. The fraction of sp³-hybridized carbons (Fsp3) is 0.250. The molecule has 1 atom stereocenters. The quantitative estimate of drug-likeness (QED) is 0.819. The molecule has 2 aromatic rings. The third kappa shape index (κ3) is 4.33. The number of aryl methyl sites for hydroxylation is 1. The zero-order chi connectivity index (χ0) is 18.0. The lowest BCUT2D eigenvalue weighted by Gasteiger charge is -2.11. The monoisotopic (exact) mass is 370 g/mol. The van der Waals surface area contributed by atoms with Crippen molar-refractivity contribution < 1.29 is 16.5 Å². The van der Waals surface area contributed by atoms with Crippen molar-refractivity contribution in [2.24, 2.45) is 4.36 Å². The number of nitrogens with one attached hydrogen (secondary N) is 1. The van der Waals surface area contributed by atoms with E-state index in [-0.39, 0.29) is 4.90 Å². The van der Waals surface area contributed by atoms with Crippen LogP contribution in [0.15, 0.2) is 56.6 Å². The van der Waals surface area contributed by atoms with Gasteiger partial charge >= 0.3 is 10.2 Å². The van der Waals surface area contributed by atoms with Crippen molar-refractivity contribution in [2.75, 3.05) is 18.6 Å². The standard InChI is InChI=1S/C16H19FN2O3S2/c1-12-7-8-16(24(17,21)22)9-13(12)11-19-14-5-4-6-15(10-14)23(3,20)18-2/h4-10,19H,11H2,1-3H3. The molecule has 2 rings (SSSR count). The molecule has 0 spiro atoms. The summed E-state index contributed by atoms with van der Waals surface area (Å²) < 4.78 is 51.4. The van der Waals surface area contributed by atoms with Crippen molar-refractivity contribution in [3.63, 3.8) is 0 Å². The summed E-state index contributed by atoms with van der Waals surface area (Å²) in [5.74, 6) is 0. The van der Waals surface area contributed by atoms with Crippen LogP contribution in [-0.2, 0) is 26.5 Å². The van der Waals surface area contributed by atoms with Gasteiger partial charge in [0.15, 0.2) is 0 Å². The van der Waals surface area contributed by atoms with Crippen LogP contribution >= 0.6 is 0 Å². The molecule has 0 aliphatic carbocycles. The molecule has 5 nitrogen and oxygen atoms in total. The number of benzene rings is 2. The summed E-state index contributed by atoms with van der Waals surface area (Å²) in [6.07, 6.45) is 1.56. The number of rotatable bonds is 5. The predicted molar refractivity (Wildman–Crippen MR) is 93.9 cm³/mol. The second-order valence-electron chi connectivity index (χ2n) is 5.39. The van der Waals surface area contributed by atoms with Crippen LogP contribution in [0.5, 0.6) is 0 Å². The highest BCUT2D eigenvalue weighted by molar-refractivity contribution is 7.93. The average Bonchev–Trinajstić information content (AvgIpc) is 2.53. The Kier molecular flexibility index (Phi) is 5.29. The van der Waals surface area contributed by atoms with Crippen LogP contribution in [0.25, 0.3) is 0 Å². The molecule has 0 amide bonds. The molecule has 1 unspecified atom stereocenters. The fourth-order valence-electron chi connectivity index (χ4n) is 2.13. The Morgan fingerprint density at radius 1 is 1.08 bits per heavy atom. The van der Waals surface area contributed by atoms with Gasteiger partial charge in [-0.05, 0) is 48.4 Å². The fourth-order valence-corrected chi connectivity index (χ4v) is 3.54. The molecule has 0 saturated heterocycles. The molecule has 0 aliphatic heterocycles. The van der Waals surface area contributed by atoms with E-state index in [9.17, 15) is 16.5 Å². The van der Waals surface area contributed by atoms with E-state index < -0.39 is 20.0 Å². The summed E-state index contributed by atoms with van der Waals surface area (Å²) in [6.45, 7) is 2.13. The second kappa shape index (κ2) is 6.90. The third-order valence-corrected chi connectivity index (χ3v) is 6.35. The van der Waals surface area contributed by atoms with E-state index in [1.807, 2.05) is 6.92 Å². The van der Waals surface area contributed by atoms with Crippen molar-refractivity contribution in [2.45, 2.75) is 23.3 Å². The zero-order valence-corrected chi connectivity index (χ0v) is 15.2. The highest BCUT2D eigenvalue weighted by Gasteiger charge is 2.13. The van der Waals surface area contributed by atoms with Gasteiger partial charge in [-0.15, -0.1) is 3.89 Å². The second-order valence-corrected chi connectivity index (χ2v) is 9.18. The van der Waals surface area contributed by atoms with Gasteiger partial charge in [-0.25, -0.2) is 8.57 Å². The van der Waals surface area contributed by atoms with Gasteiger partial charge in [0.1, 0.15) is 0 Å². The Bertz CT molecular complexity index is 979. The van der Waals surface area contributed by atoms with E-state index in [1.54, 1.807) is 36.6 Å². The first-order chi connectivity index (χ1) is 11.1. The topological polar surface area (TPSA) is 75.6 Å². The zero-order valence-electron chi connectivity index (χ0n) is 13.6. The smallest absolute Gasteiger partial charge is 0.332 e. The van der Waals surface area contributed by atoms with Crippen LogP contribution in [0.1, 0.15) is 11.1 Å². The summed E-state index contributed by atoms with van der Waals surface area (Å²) in [5, 5.41) is 3.13. The Morgan fingerprint density at radius 3 is 2.42 bits per heavy atom. The van der Waals surface area contributed by atoms with Gasteiger partial charge < -0.3 is 5.32 Å². The van der Waals surface area contributed by atoms with E-state index >= 15 is 0 Å². The summed E-state index contributed by atoms with van der Waals surface area (Å²) in [4.78, 5) is 0.242. The minimum atomic E-state index is -4.73. The third-order valence-electron chi connectivity index (χ3n) is 3.70. The Hall–Kier alpha value is -1.93. The van der Waals surface area contributed by atoms with Gasteiger partial charge in [-0.2, -0.15) is 8.42 Å². The van der Waals surface area contributed by atoms with Crippen LogP contribution in [0.2, 0.25) is 0 Å². The molecule has 0 heterocycles. The number of hydrogen-bond acceptors (Lipinski definition) is 5. The van der Waals surface area contributed by atoms with Crippen molar-refractivity contribution >= 4 is 25.6 Å². The Balaban J connectivity index is 2.26. The first-order valence-corrected chi connectivity index (χ1v) is 10.4. The lowest BCUT2D eigenvalue weighted by Crippen LogP contribution is -2.04. The van der Waals surface area contributed by atoms with Crippen molar-refractivity contribution in [3.05, 3.63) is 53.6 Å². The molecule has 0 radical (unpaired) electrons. The maximum Gasteiger partial charge on any atom is 0.332 e. The van der Waals surface area contributed by atoms with Crippen molar-refractivity contribution in [1.82, 2.24) is 0 Å². The number of halogens is 1. The van der Waals surface area contributed by atoms with E-state index in [0.29, 0.717) is 17.0 Å². The van der Waals surface area contributed by atoms with Crippen molar-refractivity contribution in [1.29, 1.82) is 0 Å². The van der Waals surface area contributed by atoms with Crippen LogP contribution < -0.4 is 5.32 Å². The molecule has 24 heavy (non-hydrogen) atoms. The van der Waals surface area contributed by atoms with Gasteiger partial charge in [0, 0.05) is 30.4 Å². The molecular formula is C16H19FN2O3S2. The van der Waals surface area contributed by atoms with Crippen molar-refractivity contribution in [3.8, 4) is 0 Å². The predicted octanol–water partition coefficient (Wildman–Crippen LogP) is 3.35. The maximum atomic E-state index is 13.1. The maximum absolute atomic E-state index is 13.1. The van der Waals surface area contributed by atoms with Gasteiger partial charge in [0.25, 0.3) is 0 Å². The lowest BCUT2D eigenvalue weighted by molar-refractivity contribution is 0.552. The molecule has 0 saturated carbocycles. The summed E-state index contributed by atoms with van der Waals surface area (Å²) in [6, 6.07) is 11.2. The molecular weight excluding hydrogens is 351 g/mol. The molecule has 0 fully saturated rings. The highest BCUT2D eigenvalue weighted by Crippen LogP contribution is 2.21. The molecule has 0 aliphatic rings. The van der Waals surface area contributed by atoms with Gasteiger partial charge in [-0.3, -0.25) is 0 Å². The van der Waals surface area contributed by atoms with E-state index in [1.165, 1.54) is 19.2 Å². The van der Waals surface area contributed by atoms with Crippen LogP contribution in [0.4, 0.5) is 9.57 Å². The van der Waals surface area contributed by atoms with Crippen LogP contribution in [0.3, 0.4) is 0 Å². The summed E-state index contributed by atoms with van der Waals surface area (Å²) >= 11 is 0. The summed E-state index contributed by atoms with van der Waals surface area (Å²) in [5.41, 5.74) is 2.23. The molecule has 0 bridgehead atoms. The normalized spacial score (nSPS) is 14.0. The van der Waals surface area contributed by atoms with Gasteiger partial charge in [0.05, 0.1) is 14.6 Å². The SMILES string of the molecule is CN=S(C)(=O)c1cccc(NCc2cc(S(=O)(=O)F)ccc2C)c1. The van der Waals surface area contributed by atoms with Crippen LogP contribution in [0, 0.1) is 6.92 Å². The number of nitrogens with zero attached hydrogens (tertiary/aromatic N) is 1. The first kappa shape index (κ1) is 18.4. The average molecular weight is 370 g/mol. The molecule has 130 valence electrons. The number of hydrogen-bond donors (Lipinski definition) is 1. The van der Waals surface area contributed by atoms with Gasteiger partial charge in [-0.1, -0.05) is 12.1 Å². The summed E-state index contributed by atoms with van der Waals surface area (Å²) in [7, 11) is -5.66. The molecule has 2 aromatic carbocycles. The highest BCUT2D eigenvalue weighted by atomic mass is 32.3. The number of anilines is 1. The van der Waals surface area contributed by atoms with E-state index in [0.717, 1.165) is 11.3 Å². The molecule has 8 heteroatoms.